The average molecular weight is 917 g/mol. The first-order valence-electron chi connectivity index (χ1n) is 29.6. The standard InChI is InChI=1S/C60H117NO4/c1-3-5-7-9-11-13-15-17-19-21-23-25-26-27-28-29-30-31-32-33-35-37-39-41-43-45-47-49-51-53-55-59(64)61-57(56-62)60(65)58(63)54-52-50-48-46-44-42-40-38-36-34-24-22-20-18-16-14-12-10-8-6-4-2/h38,40,46,48,57-58,60,62-63,65H,3-37,39,41-45,47,49-56H2,1-2H3,(H,61,64)/b40-38+,48-46+. The Kier molecular flexibility index (Phi) is 54.4. The van der Waals surface area contributed by atoms with Gasteiger partial charge in [-0.1, -0.05) is 295 Å². The molecule has 5 nitrogen and oxygen atoms in total. The van der Waals surface area contributed by atoms with Crippen LogP contribution in [0.1, 0.15) is 328 Å². The molecule has 3 unspecified atom stereocenters. The first-order valence-corrected chi connectivity index (χ1v) is 29.6. The van der Waals surface area contributed by atoms with E-state index in [4.69, 9.17) is 0 Å². The van der Waals surface area contributed by atoms with Crippen LogP contribution in [0.5, 0.6) is 0 Å². The van der Waals surface area contributed by atoms with Crippen molar-refractivity contribution in [2.24, 2.45) is 0 Å². The van der Waals surface area contributed by atoms with Gasteiger partial charge >= 0.3 is 0 Å². The van der Waals surface area contributed by atoms with Crippen molar-refractivity contribution in [2.45, 2.75) is 347 Å². The van der Waals surface area contributed by atoms with E-state index in [-0.39, 0.29) is 12.5 Å². The van der Waals surface area contributed by atoms with Crippen LogP contribution in [0.2, 0.25) is 0 Å². The predicted molar refractivity (Wildman–Crippen MR) is 287 cm³/mol. The summed E-state index contributed by atoms with van der Waals surface area (Å²) in [5.74, 6) is -0.151. The monoisotopic (exact) mass is 916 g/mol. The second-order valence-electron chi connectivity index (χ2n) is 20.5. The zero-order valence-electron chi connectivity index (χ0n) is 44.1. The van der Waals surface area contributed by atoms with Crippen LogP contribution in [0.4, 0.5) is 0 Å². The maximum absolute atomic E-state index is 12.5. The number of hydrogen-bond acceptors (Lipinski definition) is 4. The summed E-state index contributed by atoms with van der Waals surface area (Å²) in [6.45, 7) is 4.20. The highest BCUT2D eigenvalue weighted by Crippen LogP contribution is 2.18. The molecule has 0 aliphatic carbocycles. The molecule has 0 aliphatic heterocycles. The number of amides is 1. The molecular weight excluding hydrogens is 799 g/mol. The molecule has 386 valence electrons. The second-order valence-corrected chi connectivity index (χ2v) is 20.5. The van der Waals surface area contributed by atoms with E-state index in [1.807, 2.05) is 0 Å². The third-order valence-electron chi connectivity index (χ3n) is 14.0. The Bertz CT molecular complexity index is 967. The quantitative estimate of drug-likeness (QED) is 0.0361. The van der Waals surface area contributed by atoms with Gasteiger partial charge in [-0.25, -0.2) is 0 Å². The molecule has 1 amide bonds. The molecular formula is C60H117NO4. The molecule has 0 saturated carbocycles. The number of aliphatic hydroxyl groups excluding tert-OH is 3. The largest absolute Gasteiger partial charge is 0.394 e. The lowest BCUT2D eigenvalue weighted by atomic mass is 10.0. The van der Waals surface area contributed by atoms with Crippen molar-refractivity contribution in [2.75, 3.05) is 6.61 Å². The average Bonchev–Trinajstić information content (AvgIpc) is 3.31. The van der Waals surface area contributed by atoms with Gasteiger partial charge in [-0.15, -0.1) is 0 Å². The molecule has 0 aromatic rings. The van der Waals surface area contributed by atoms with Gasteiger partial charge in [-0.2, -0.15) is 0 Å². The Morgan fingerprint density at radius 3 is 0.938 bits per heavy atom. The Labute approximate surface area is 407 Å². The number of allylic oxidation sites excluding steroid dienone is 4. The van der Waals surface area contributed by atoms with Gasteiger partial charge < -0.3 is 20.6 Å². The number of aliphatic hydroxyl groups is 3. The van der Waals surface area contributed by atoms with Gasteiger partial charge in [0.05, 0.1) is 18.8 Å². The lowest BCUT2D eigenvalue weighted by molar-refractivity contribution is -0.124. The minimum atomic E-state index is -1.17. The Hall–Kier alpha value is -1.17. The molecule has 0 aliphatic rings. The van der Waals surface area contributed by atoms with Gasteiger partial charge in [0.25, 0.3) is 0 Å². The van der Waals surface area contributed by atoms with E-state index in [2.05, 4.69) is 43.5 Å². The van der Waals surface area contributed by atoms with Crippen LogP contribution >= 0.6 is 0 Å². The maximum Gasteiger partial charge on any atom is 0.220 e. The fraction of sp³-hybridized carbons (Fsp3) is 0.917. The van der Waals surface area contributed by atoms with Gasteiger partial charge in [0, 0.05) is 6.42 Å². The summed E-state index contributed by atoms with van der Waals surface area (Å²) >= 11 is 0. The van der Waals surface area contributed by atoms with E-state index >= 15 is 0 Å². The van der Waals surface area contributed by atoms with Gasteiger partial charge in [-0.3, -0.25) is 4.79 Å². The molecule has 4 N–H and O–H groups in total. The molecule has 3 atom stereocenters. The molecule has 65 heavy (non-hydrogen) atoms. The van der Waals surface area contributed by atoms with E-state index < -0.39 is 18.2 Å². The van der Waals surface area contributed by atoms with Gasteiger partial charge in [-0.05, 0) is 51.4 Å². The number of hydrogen-bond donors (Lipinski definition) is 4. The number of carbonyl (C=O) groups excluding carboxylic acids is 1. The smallest absolute Gasteiger partial charge is 0.220 e. The van der Waals surface area contributed by atoms with Crippen molar-refractivity contribution in [3.8, 4) is 0 Å². The SMILES string of the molecule is CCCCCCCCCCCCCC/C=C/CC/C=C/CCCC(O)C(O)C(CO)NC(=O)CCCCCCCCCCCCCCCCCCCCCCCCCCCCCCCC. The minimum absolute atomic E-state index is 0.151. The summed E-state index contributed by atoms with van der Waals surface area (Å²) in [5.41, 5.74) is 0. The van der Waals surface area contributed by atoms with E-state index in [1.54, 1.807) is 0 Å². The summed E-state index contributed by atoms with van der Waals surface area (Å²) in [5, 5.41) is 33.8. The van der Waals surface area contributed by atoms with Crippen molar-refractivity contribution in [3.05, 3.63) is 24.3 Å². The summed E-state index contributed by atoms with van der Waals surface area (Å²) in [6, 6.07) is -0.830. The third-order valence-corrected chi connectivity index (χ3v) is 14.0. The van der Waals surface area contributed by atoms with E-state index in [9.17, 15) is 20.1 Å². The first-order chi connectivity index (χ1) is 32.1. The van der Waals surface area contributed by atoms with Gasteiger partial charge in [0.2, 0.25) is 5.91 Å². The van der Waals surface area contributed by atoms with Crippen LogP contribution in [0, 0.1) is 0 Å². The predicted octanol–water partition coefficient (Wildman–Crippen LogP) is 18.5. The fourth-order valence-electron chi connectivity index (χ4n) is 9.48. The minimum Gasteiger partial charge on any atom is -0.394 e. The number of unbranched alkanes of at least 4 members (excludes halogenated alkanes) is 43. The second kappa shape index (κ2) is 55.4. The molecule has 0 rings (SSSR count). The molecule has 0 bridgehead atoms. The molecule has 0 spiro atoms. The molecule has 5 heteroatoms. The Balaban J connectivity index is 3.53. The highest BCUT2D eigenvalue weighted by molar-refractivity contribution is 5.76. The lowest BCUT2D eigenvalue weighted by Crippen LogP contribution is -2.50. The van der Waals surface area contributed by atoms with E-state index in [0.29, 0.717) is 12.8 Å². The number of nitrogens with one attached hydrogen (secondary N) is 1. The maximum atomic E-state index is 12.5. The highest BCUT2D eigenvalue weighted by Gasteiger charge is 2.26. The van der Waals surface area contributed by atoms with Crippen LogP contribution < -0.4 is 5.32 Å². The van der Waals surface area contributed by atoms with Crippen LogP contribution in [0.3, 0.4) is 0 Å². The van der Waals surface area contributed by atoms with Crippen LogP contribution in [0.25, 0.3) is 0 Å². The first kappa shape index (κ1) is 63.8. The van der Waals surface area contributed by atoms with Crippen LogP contribution in [-0.2, 0) is 4.79 Å². The zero-order chi connectivity index (χ0) is 47.2. The van der Waals surface area contributed by atoms with Gasteiger partial charge in [0.15, 0.2) is 0 Å². The van der Waals surface area contributed by atoms with E-state index in [1.165, 1.54) is 257 Å². The summed E-state index contributed by atoms with van der Waals surface area (Å²) in [6.07, 6.45) is 70.7. The van der Waals surface area contributed by atoms with Crippen molar-refractivity contribution in [1.29, 1.82) is 0 Å². The van der Waals surface area contributed by atoms with E-state index in [0.717, 1.165) is 44.9 Å². The summed E-state index contributed by atoms with van der Waals surface area (Å²) < 4.78 is 0. The summed E-state index contributed by atoms with van der Waals surface area (Å²) in [4.78, 5) is 12.5. The van der Waals surface area contributed by atoms with Crippen molar-refractivity contribution in [3.63, 3.8) is 0 Å². The van der Waals surface area contributed by atoms with Crippen LogP contribution in [0.15, 0.2) is 24.3 Å². The van der Waals surface area contributed by atoms with Gasteiger partial charge in [0.1, 0.15) is 6.10 Å². The molecule has 0 aromatic carbocycles. The Morgan fingerprint density at radius 1 is 0.369 bits per heavy atom. The summed E-state index contributed by atoms with van der Waals surface area (Å²) in [7, 11) is 0. The number of carbonyl (C=O) groups is 1. The van der Waals surface area contributed by atoms with Crippen LogP contribution in [-0.4, -0.2) is 46.1 Å². The normalized spacial score (nSPS) is 13.4. The van der Waals surface area contributed by atoms with Crippen molar-refractivity contribution >= 4 is 5.91 Å². The Morgan fingerprint density at radius 2 is 0.631 bits per heavy atom. The number of rotatable bonds is 55. The lowest BCUT2D eigenvalue weighted by Gasteiger charge is -2.26. The molecule has 0 saturated heterocycles. The topological polar surface area (TPSA) is 89.8 Å². The molecule has 0 heterocycles. The molecule has 0 fully saturated rings. The van der Waals surface area contributed by atoms with Crippen molar-refractivity contribution in [1.82, 2.24) is 5.32 Å². The molecule has 0 radical (unpaired) electrons. The molecule has 0 aromatic heterocycles. The third kappa shape index (κ3) is 50.5. The zero-order valence-corrected chi connectivity index (χ0v) is 44.1. The highest BCUT2D eigenvalue weighted by atomic mass is 16.3. The fourth-order valence-corrected chi connectivity index (χ4v) is 9.48. The van der Waals surface area contributed by atoms with Crippen molar-refractivity contribution < 1.29 is 20.1 Å².